The van der Waals surface area contributed by atoms with Gasteiger partial charge in [-0.15, -0.1) is 0 Å². The van der Waals surface area contributed by atoms with Crippen molar-refractivity contribution in [3.63, 3.8) is 0 Å². The molecule has 0 aliphatic rings. The summed E-state index contributed by atoms with van der Waals surface area (Å²) in [5.41, 5.74) is -0.407. The summed E-state index contributed by atoms with van der Waals surface area (Å²) >= 11 is 5.09. The van der Waals surface area contributed by atoms with E-state index in [1.807, 2.05) is 13.8 Å². The van der Waals surface area contributed by atoms with Crippen molar-refractivity contribution in [2.45, 2.75) is 46.6 Å². The largest absolute Gasteiger partial charge is 0.304 e. The molecule has 0 saturated carbocycles. The van der Waals surface area contributed by atoms with Crippen LogP contribution in [0, 0.1) is 5.41 Å². The van der Waals surface area contributed by atoms with Gasteiger partial charge >= 0.3 is 0 Å². The van der Waals surface area contributed by atoms with Crippen molar-refractivity contribution >= 4 is 23.9 Å². The summed E-state index contributed by atoms with van der Waals surface area (Å²) in [5.74, 6) is 0. The van der Waals surface area contributed by atoms with Crippen LogP contribution < -0.4 is 0 Å². The molecule has 0 bridgehead atoms. The van der Waals surface area contributed by atoms with Gasteiger partial charge in [-0.3, -0.25) is 4.90 Å². The summed E-state index contributed by atoms with van der Waals surface area (Å²) in [4.78, 5) is 15.8. The van der Waals surface area contributed by atoms with Crippen LogP contribution in [0.2, 0.25) is 0 Å². The second kappa shape index (κ2) is 9.56. The van der Waals surface area contributed by atoms with Gasteiger partial charge in [0.1, 0.15) is 6.29 Å². The standard InChI is InChI=1S/C15H30N2OS/c1-6-17(7-2)11-9-8-10-16(5)14(12-19)15(3,4)13-18/h12-14H,6-11H2,1-5H3. The van der Waals surface area contributed by atoms with E-state index in [1.54, 1.807) is 5.37 Å². The summed E-state index contributed by atoms with van der Waals surface area (Å²) < 4.78 is 0. The van der Waals surface area contributed by atoms with E-state index in [2.05, 4.69) is 30.7 Å². The maximum atomic E-state index is 11.1. The zero-order valence-electron chi connectivity index (χ0n) is 13.2. The number of hydrogen-bond acceptors (Lipinski definition) is 4. The van der Waals surface area contributed by atoms with E-state index in [9.17, 15) is 4.79 Å². The van der Waals surface area contributed by atoms with Gasteiger partial charge in [-0.25, -0.2) is 0 Å². The third-order valence-corrected chi connectivity index (χ3v) is 4.06. The first-order valence-electron chi connectivity index (χ1n) is 7.27. The summed E-state index contributed by atoms with van der Waals surface area (Å²) in [5, 5.41) is 1.72. The van der Waals surface area contributed by atoms with Crippen LogP contribution in [0.3, 0.4) is 0 Å². The maximum Gasteiger partial charge on any atom is 0.127 e. The van der Waals surface area contributed by atoms with Gasteiger partial charge in [0.25, 0.3) is 0 Å². The predicted octanol–water partition coefficient (Wildman–Crippen LogP) is 2.63. The van der Waals surface area contributed by atoms with Crippen LogP contribution in [0.1, 0.15) is 40.5 Å². The Kier molecular flexibility index (Phi) is 9.40. The molecule has 0 aromatic heterocycles. The molecule has 0 spiro atoms. The molecule has 19 heavy (non-hydrogen) atoms. The summed E-state index contributed by atoms with van der Waals surface area (Å²) in [6.07, 6.45) is 3.34. The van der Waals surface area contributed by atoms with Crippen LogP contribution in [0.15, 0.2) is 0 Å². The number of rotatable bonds is 11. The lowest BCUT2D eigenvalue weighted by Gasteiger charge is -2.34. The first kappa shape index (κ1) is 18.7. The minimum absolute atomic E-state index is 0.0356. The Morgan fingerprint density at radius 1 is 1.16 bits per heavy atom. The van der Waals surface area contributed by atoms with Gasteiger partial charge in [-0.1, -0.05) is 39.9 Å². The molecule has 0 amide bonds. The molecule has 0 aliphatic carbocycles. The van der Waals surface area contributed by atoms with E-state index < -0.39 is 5.41 Å². The average Bonchev–Trinajstić information content (AvgIpc) is 2.39. The molecule has 1 unspecified atom stereocenters. The van der Waals surface area contributed by atoms with Gasteiger partial charge in [-0.2, -0.15) is 0 Å². The molecule has 3 nitrogen and oxygen atoms in total. The van der Waals surface area contributed by atoms with Crippen molar-refractivity contribution in [3.8, 4) is 0 Å². The molecule has 0 fully saturated rings. The third-order valence-electron chi connectivity index (χ3n) is 3.80. The van der Waals surface area contributed by atoms with Crippen molar-refractivity contribution in [1.29, 1.82) is 0 Å². The van der Waals surface area contributed by atoms with Crippen molar-refractivity contribution < 1.29 is 4.79 Å². The molecule has 0 aliphatic heterocycles. The van der Waals surface area contributed by atoms with E-state index in [-0.39, 0.29) is 6.04 Å². The van der Waals surface area contributed by atoms with Crippen LogP contribution in [0.4, 0.5) is 0 Å². The van der Waals surface area contributed by atoms with Crippen LogP contribution in [0.25, 0.3) is 0 Å². The topological polar surface area (TPSA) is 23.6 Å². The van der Waals surface area contributed by atoms with Gasteiger partial charge in [-0.05, 0) is 51.4 Å². The van der Waals surface area contributed by atoms with E-state index in [0.29, 0.717) is 0 Å². The quantitative estimate of drug-likeness (QED) is 0.331. The van der Waals surface area contributed by atoms with Crippen molar-refractivity contribution in [2.75, 3.05) is 33.2 Å². The molecule has 1 atom stereocenters. The minimum Gasteiger partial charge on any atom is -0.304 e. The smallest absolute Gasteiger partial charge is 0.127 e. The van der Waals surface area contributed by atoms with Crippen molar-refractivity contribution in [2.24, 2.45) is 5.41 Å². The first-order chi connectivity index (χ1) is 8.92. The normalized spacial score (nSPS) is 13.8. The molecular weight excluding hydrogens is 256 g/mol. The summed E-state index contributed by atoms with van der Waals surface area (Å²) in [6, 6.07) is 0.0356. The van der Waals surface area contributed by atoms with E-state index >= 15 is 0 Å². The lowest BCUT2D eigenvalue weighted by Crippen LogP contribution is -2.45. The van der Waals surface area contributed by atoms with Gasteiger partial charge in [0.15, 0.2) is 0 Å². The van der Waals surface area contributed by atoms with Gasteiger partial charge < -0.3 is 9.69 Å². The molecule has 0 N–H and O–H groups in total. The number of carbonyl (C=O) groups excluding carboxylic acids is 1. The molecule has 0 rings (SSSR count). The molecule has 4 heteroatoms. The lowest BCUT2D eigenvalue weighted by atomic mass is 9.86. The van der Waals surface area contributed by atoms with Gasteiger partial charge in [0.2, 0.25) is 0 Å². The number of nitrogens with zero attached hydrogens (tertiary/aromatic N) is 2. The Labute approximate surface area is 124 Å². The zero-order chi connectivity index (χ0) is 14.9. The van der Waals surface area contributed by atoms with E-state index in [1.165, 1.54) is 6.42 Å². The molecule has 112 valence electrons. The van der Waals surface area contributed by atoms with Crippen molar-refractivity contribution in [1.82, 2.24) is 9.80 Å². The number of unbranched alkanes of at least 4 members (excludes halogenated alkanes) is 1. The highest BCUT2D eigenvalue weighted by Gasteiger charge is 2.30. The Morgan fingerprint density at radius 3 is 2.11 bits per heavy atom. The third kappa shape index (κ3) is 6.59. The highest BCUT2D eigenvalue weighted by atomic mass is 32.1. The Balaban J connectivity index is 4.12. The molecule has 0 radical (unpaired) electrons. The van der Waals surface area contributed by atoms with Crippen LogP contribution in [-0.2, 0) is 4.79 Å². The molecule has 0 heterocycles. The average molecular weight is 286 g/mol. The second-order valence-corrected chi connectivity index (χ2v) is 6.01. The fraction of sp³-hybridized carbons (Fsp3) is 0.867. The molecule has 0 saturated heterocycles. The first-order valence-corrected chi connectivity index (χ1v) is 7.74. The van der Waals surface area contributed by atoms with Crippen molar-refractivity contribution in [3.05, 3.63) is 0 Å². The van der Waals surface area contributed by atoms with Gasteiger partial charge in [0.05, 0.1) is 0 Å². The Bertz CT molecular complexity index is 265. The molecule has 0 aromatic carbocycles. The number of carbonyl (C=O) groups is 1. The molecule has 0 aromatic rings. The number of hydrogen-bond donors (Lipinski definition) is 0. The fourth-order valence-electron chi connectivity index (χ4n) is 2.29. The maximum absolute atomic E-state index is 11.1. The zero-order valence-corrected chi connectivity index (χ0v) is 14.0. The fourth-order valence-corrected chi connectivity index (χ4v) is 2.85. The highest BCUT2D eigenvalue weighted by molar-refractivity contribution is 7.79. The van der Waals surface area contributed by atoms with Crippen LogP contribution >= 0.6 is 12.2 Å². The van der Waals surface area contributed by atoms with E-state index in [4.69, 9.17) is 12.2 Å². The number of aldehydes is 1. The second-order valence-electron chi connectivity index (χ2n) is 5.73. The predicted molar refractivity (Wildman–Crippen MR) is 86.9 cm³/mol. The Hall–Kier alpha value is -0.320. The van der Waals surface area contributed by atoms with Crippen LogP contribution in [-0.4, -0.2) is 60.7 Å². The van der Waals surface area contributed by atoms with E-state index in [0.717, 1.165) is 38.9 Å². The lowest BCUT2D eigenvalue weighted by molar-refractivity contribution is -0.116. The van der Waals surface area contributed by atoms with Gasteiger partial charge in [0, 0.05) is 11.5 Å². The molecular formula is C15H30N2OS. The minimum atomic E-state index is -0.407. The highest BCUT2D eigenvalue weighted by Crippen LogP contribution is 2.21. The summed E-state index contributed by atoms with van der Waals surface area (Å²) in [7, 11) is 2.05. The summed E-state index contributed by atoms with van der Waals surface area (Å²) in [6.45, 7) is 12.7. The van der Waals surface area contributed by atoms with Crippen LogP contribution in [0.5, 0.6) is 0 Å². The number of thiocarbonyl (C=S) groups is 1. The SMILES string of the molecule is CCN(CC)CCCCN(C)C(C=S)C(C)(C)C=O. The monoisotopic (exact) mass is 286 g/mol. The Morgan fingerprint density at radius 2 is 1.68 bits per heavy atom.